The molecule has 8 heteroatoms. The molecule has 0 unspecified atom stereocenters. The summed E-state index contributed by atoms with van der Waals surface area (Å²) in [4.78, 5) is 4.51. The molecule has 0 fully saturated rings. The Labute approximate surface area is 172 Å². The number of nitrogens with zero attached hydrogens (tertiary/aromatic N) is 1. The molecule has 0 atom stereocenters. The van der Waals surface area contributed by atoms with Crippen molar-refractivity contribution in [2.45, 2.75) is 39.7 Å². The molecule has 26 heavy (non-hydrogen) atoms. The summed E-state index contributed by atoms with van der Waals surface area (Å²) in [6.07, 6.45) is -0.473. The molecule has 1 aromatic rings. The maximum atomic E-state index is 12.2. The Hall–Kier alpha value is -1.16. The molecular formula is C18H30F2IN3O2. The highest BCUT2D eigenvalue weighted by molar-refractivity contribution is 14.0. The van der Waals surface area contributed by atoms with Gasteiger partial charge in [-0.15, -0.1) is 24.0 Å². The monoisotopic (exact) mass is 485 g/mol. The molecule has 1 rings (SSSR count). The van der Waals surface area contributed by atoms with Gasteiger partial charge in [-0.2, -0.15) is 0 Å². The van der Waals surface area contributed by atoms with Gasteiger partial charge in [-0.1, -0.05) is 12.1 Å². The SMILES string of the molecule is CCNC(=NCc1cccc(OCC(F)F)c1)NCCCCOCC.I. The summed E-state index contributed by atoms with van der Waals surface area (Å²) >= 11 is 0. The molecule has 0 aromatic heterocycles. The third-order valence-corrected chi connectivity index (χ3v) is 3.25. The largest absolute Gasteiger partial charge is 0.488 e. The predicted molar refractivity (Wildman–Crippen MR) is 112 cm³/mol. The topological polar surface area (TPSA) is 54.9 Å². The van der Waals surface area contributed by atoms with Gasteiger partial charge in [0.15, 0.2) is 5.96 Å². The van der Waals surface area contributed by atoms with E-state index in [1.165, 1.54) is 0 Å². The van der Waals surface area contributed by atoms with Crippen LogP contribution in [0.5, 0.6) is 5.75 Å². The second-order valence-corrected chi connectivity index (χ2v) is 5.38. The van der Waals surface area contributed by atoms with Gasteiger partial charge in [0.25, 0.3) is 6.43 Å². The van der Waals surface area contributed by atoms with E-state index >= 15 is 0 Å². The van der Waals surface area contributed by atoms with Crippen LogP contribution in [0.2, 0.25) is 0 Å². The molecule has 0 bridgehead atoms. The van der Waals surface area contributed by atoms with Crippen LogP contribution in [0.1, 0.15) is 32.3 Å². The first kappa shape index (κ1) is 24.8. The maximum absolute atomic E-state index is 12.2. The van der Waals surface area contributed by atoms with Gasteiger partial charge in [-0.05, 0) is 44.4 Å². The number of alkyl halides is 2. The van der Waals surface area contributed by atoms with E-state index in [1.807, 2.05) is 19.9 Å². The minimum atomic E-state index is -2.48. The van der Waals surface area contributed by atoms with Crippen LogP contribution in [0.4, 0.5) is 8.78 Å². The molecule has 0 aliphatic heterocycles. The molecule has 2 N–H and O–H groups in total. The molecule has 0 amide bonds. The first-order valence-corrected chi connectivity index (χ1v) is 8.75. The summed E-state index contributed by atoms with van der Waals surface area (Å²) in [5.41, 5.74) is 0.903. The van der Waals surface area contributed by atoms with Gasteiger partial charge in [0.2, 0.25) is 0 Å². The van der Waals surface area contributed by atoms with Crippen LogP contribution in [0.3, 0.4) is 0 Å². The van der Waals surface area contributed by atoms with Crippen molar-refractivity contribution in [3.63, 3.8) is 0 Å². The molecular weight excluding hydrogens is 455 g/mol. The molecule has 0 aliphatic carbocycles. The number of nitrogens with one attached hydrogen (secondary N) is 2. The van der Waals surface area contributed by atoms with E-state index in [1.54, 1.807) is 18.2 Å². The summed E-state index contributed by atoms with van der Waals surface area (Å²) in [6, 6.07) is 7.07. The fourth-order valence-electron chi connectivity index (χ4n) is 2.09. The van der Waals surface area contributed by atoms with Crippen molar-refractivity contribution in [1.82, 2.24) is 10.6 Å². The summed E-state index contributed by atoms with van der Waals surface area (Å²) < 4.78 is 34.7. The fourth-order valence-corrected chi connectivity index (χ4v) is 2.09. The second-order valence-electron chi connectivity index (χ2n) is 5.38. The number of halogens is 3. The lowest BCUT2D eigenvalue weighted by atomic mass is 10.2. The highest BCUT2D eigenvalue weighted by Gasteiger charge is 2.04. The van der Waals surface area contributed by atoms with Crippen molar-refractivity contribution in [1.29, 1.82) is 0 Å². The highest BCUT2D eigenvalue weighted by Crippen LogP contribution is 2.14. The number of guanidine groups is 1. The number of hydrogen-bond donors (Lipinski definition) is 2. The normalized spacial score (nSPS) is 11.2. The zero-order chi connectivity index (χ0) is 18.3. The van der Waals surface area contributed by atoms with Gasteiger partial charge in [-0.3, -0.25) is 0 Å². The molecule has 0 aliphatic rings. The van der Waals surface area contributed by atoms with Crippen molar-refractivity contribution < 1.29 is 18.3 Å². The fraction of sp³-hybridized carbons (Fsp3) is 0.611. The van der Waals surface area contributed by atoms with E-state index in [9.17, 15) is 8.78 Å². The first-order chi connectivity index (χ1) is 12.2. The molecule has 0 saturated carbocycles. The average molecular weight is 485 g/mol. The Morgan fingerprint density at radius 3 is 2.69 bits per heavy atom. The van der Waals surface area contributed by atoms with Crippen molar-refractivity contribution in [2.24, 2.45) is 4.99 Å². The van der Waals surface area contributed by atoms with Gasteiger partial charge in [0.05, 0.1) is 6.54 Å². The van der Waals surface area contributed by atoms with Gasteiger partial charge in [0, 0.05) is 26.3 Å². The molecule has 0 spiro atoms. The Morgan fingerprint density at radius 1 is 1.19 bits per heavy atom. The maximum Gasteiger partial charge on any atom is 0.272 e. The number of ether oxygens (including phenoxy) is 2. The average Bonchev–Trinajstić information content (AvgIpc) is 2.61. The summed E-state index contributed by atoms with van der Waals surface area (Å²) in [5, 5.41) is 6.46. The lowest BCUT2D eigenvalue weighted by molar-refractivity contribution is 0.0818. The smallest absolute Gasteiger partial charge is 0.272 e. The van der Waals surface area contributed by atoms with Crippen molar-refractivity contribution in [3.8, 4) is 5.75 Å². The zero-order valence-electron chi connectivity index (χ0n) is 15.5. The quantitative estimate of drug-likeness (QED) is 0.205. The van der Waals surface area contributed by atoms with Crippen LogP contribution in [-0.4, -0.2) is 45.3 Å². The molecule has 150 valence electrons. The second kappa shape index (κ2) is 16.0. The Morgan fingerprint density at radius 2 is 2.00 bits per heavy atom. The minimum absolute atomic E-state index is 0. The van der Waals surface area contributed by atoms with Crippen LogP contribution in [0.25, 0.3) is 0 Å². The Kier molecular flexibility index (Phi) is 15.3. The van der Waals surface area contributed by atoms with E-state index < -0.39 is 13.0 Å². The summed E-state index contributed by atoms with van der Waals surface area (Å²) in [7, 11) is 0. The molecule has 0 radical (unpaired) electrons. The lowest BCUT2D eigenvalue weighted by Gasteiger charge is -2.11. The molecule has 0 saturated heterocycles. The van der Waals surface area contributed by atoms with Crippen LogP contribution in [0.15, 0.2) is 29.3 Å². The predicted octanol–water partition coefficient (Wildman–Crippen LogP) is 3.82. The van der Waals surface area contributed by atoms with Crippen molar-refractivity contribution in [3.05, 3.63) is 29.8 Å². The molecule has 1 aromatic carbocycles. The number of benzene rings is 1. The van der Waals surface area contributed by atoms with Crippen LogP contribution in [-0.2, 0) is 11.3 Å². The third kappa shape index (κ3) is 12.2. The van der Waals surface area contributed by atoms with E-state index in [2.05, 4.69) is 15.6 Å². The highest BCUT2D eigenvalue weighted by atomic mass is 127. The van der Waals surface area contributed by atoms with Crippen molar-refractivity contribution in [2.75, 3.05) is 32.9 Å². The third-order valence-electron chi connectivity index (χ3n) is 3.25. The molecule has 5 nitrogen and oxygen atoms in total. The first-order valence-electron chi connectivity index (χ1n) is 8.75. The van der Waals surface area contributed by atoms with E-state index in [-0.39, 0.29) is 24.0 Å². The zero-order valence-corrected chi connectivity index (χ0v) is 17.8. The standard InChI is InChI=1S/C18H29F2N3O2.HI/c1-3-21-18(22-10-5-6-11-24-4-2)23-13-15-8-7-9-16(12-15)25-14-17(19)20;/h7-9,12,17H,3-6,10-11,13-14H2,1-2H3,(H2,21,22,23);1H. The lowest BCUT2D eigenvalue weighted by Crippen LogP contribution is -2.37. The number of hydrogen-bond acceptors (Lipinski definition) is 3. The van der Waals surface area contributed by atoms with Gasteiger partial charge < -0.3 is 20.1 Å². The number of aliphatic imine (C=N–C) groups is 1. The van der Waals surface area contributed by atoms with Crippen molar-refractivity contribution >= 4 is 29.9 Å². The van der Waals surface area contributed by atoms with Gasteiger partial charge in [0.1, 0.15) is 12.4 Å². The summed E-state index contributed by atoms with van der Waals surface area (Å²) in [6.45, 7) is 6.94. The van der Waals surface area contributed by atoms with Crippen LogP contribution >= 0.6 is 24.0 Å². The van der Waals surface area contributed by atoms with Gasteiger partial charge >= 0.3 is 0 Å². The van der Waals surface area contributed by atoms with E-state index in [0.29, 0.717) is 12.3 Å². The number of rotatable bonds is 12. The van der Waals surface area contributed by atoms with E-state index in [4.69, 9.17) is 9.47 Å². The summed E-state index contributed by atoms with van der Waals surface area (Å²) in [5.74, 6) is 1.17. The minimum Gasteiger partial charge on any atom is -0.488 e. The molecule has 0 heterocycles. The Bertz CT molecular complexity index is 505. The number of unbranched alkanes of at least 4 members (excludes halogenated alkanes) is 1. The van der Waals surface area contributed by atoms with Crippen LogP contribution < -0.4 is 15.4 Å². The van der Waals surface area contributed by atoms with E-state index in [0.717, 1.165) is 50.7 Å². The van der Waals surface area contributed by atoms with Crippen LogP contribution in [0, 0.1) is 0 Å². The van der Waals surface area contributed by atoms with Gasteiger partial charge in [-0.25, -0.2) is 13.8 Å². The Balaban J connectivity index is 0.00000625.